The van der Waals surface area contributed by atoms with Gasteiger partial charge in [0.25, 0.3) is 0 Å². The molecule has 1 rings (SSSR count). The van der Waals surface area contributed by atoms with E-state index in [0.29, 0.717) is 24.7 Å². The highest BCUT2D eigenvalue weighted by Gasteiger charge is 2.35. The molecule has 0 aromatic carbocycles. The van der Waals surface area contributed by atoms with Crippen LogP contribution in [-0.4, -0.2) is 42.7 Å². The molecule has 1 heterocycles. The molecule has 0 unspecified atom stereocenters. The van der Waals surface area contributed by atoms with Crippen LogP contribution in [0.25, 0.3) is 0 Å². The zero-order valence-corrected chi connectivity index (χ0v) is 15.4. The van der Waals surface area contributed by atoms with E-state index in [1.54, 1.807) is 0 Å². The number of alkyl halides is 1. The number of piperidine rings is 1. The van der Waals surface area contributed by atoms with Crippen molar-refractivity contribution in [1.82, 2.24) is 10.2 Å². The third-order valence-electron chi connectivity index (χ3n) is 4.22. The summed E-state index contributed by atoms with van der Waals surface area (Å²) in [4.78, 5) is 14.2. The van der Waals surface area contributed by atoms with Gasteiger partial charge in [-0.2, -0.15) is 0 Å². The second kappa shape index (κ2) is 7.29. The van der Waals surface area contributed by atoms with Crippen molar-refractivity contribution < 1.29 is 9.18 Å². The van der Waals surface area contributed by atoms with Crippen molar-refractivity contribution in [3.8, 4) is 0 Å². The van der Waals surface area contributed by atoms with Crippen LogP contribution in [0.2, 0.25) is 0 Å². The normalized spacial score (nSPS) is 20.0. The molecule has 1 amide bonds. The van der Waals surface area contributed by atoms with Crippen molar-refractivity contribution in [2.75, 3.05) is 26.2 Å². The van der Waals surface area contributed by atoms with Crippen LogP contribution in [0.3, 0.4) is 0 Å². The molecule has 0 saturated carbocycles. The third kappa shape index (κ3) is 8.11. The number of nitrogens with zero attached hydrogens (tertiary/aromatic N) is 1. The molecule has 130 valence electrons. The number of carbonyl (C=O) groups is 1. The number of halogens is 1. The Morgan fingerprint density at radius 3 is 2.09 bits per heavy atom. The van der Waals surface area contributed by atoms with Gasteiger partial charge in [0.05, 0.1) is 6.54 Å². The van der Waals surface area contributed by atoms with Gasteiger partial charge in [-0.3, -0.25) is 4.79 Å². The molecule has 1 aliphatic heterocycles. The van der Waals surface area contributed by atoms with Crippen LogP contribution in [0.4, 0.5) is 4.39 Å². The average molecular weight is 314 g/mol. The Kier molecular flexibility index (Phi) is 6.43. The van der Waals surface area contributed by atoms with Gasteiger partial charge >= 0.3 is 0 Å². The van der Waals surface area contributed by atoms with Crippen LogP contribution in [0.5, 0.6) is 0 Å². The zero-order chi connectivity index (χ0) is 17.0. The van der Waals surface area contributed by atoms with Crippen LogP contribution >= 0.6 is 0 Å². The summed E-state index contributed by atoms with van der Waals surface area (Å²) in [6.07, 6.45) is 2.62. The highest BCUT2D eigenvalue weighted by atomic mass is 19.1. The Bertz CT molecular complexity index is 360. The predicted molar refractivity (Wildman–Crippen MR) is 90.7 cm³/mol. The fourth-order valence-corrected chi connectivity index (χ4v) is 2.65. The average Bonchev–Trinajstić information content (AvgIpc) is 2.33. The molecule has 1 saturated heterocycles. The summed E-state index contributed by atoms with van der Waals surface area (Å²) in [5.74, 6) is -0.0420. The number of hydrogen-bond donors (Lipinski definition) is 1. The van der Waals surface area contributed by atoms with Gasteiger partial charge in [-0.25, -0.2) is 4.39 Å². The molecule has 1 fully saturated rings. The summed E-state index contributed by atoms with van der Waals surface area (Å²) in [5.41, 5.74) is -0.958. The largest absolute Gasteiger partial charge is 0.353 e. The predicted octanol–water partition coefficient (Wildman–Crippen LogP) is 3.78. The maximum absolute atomic E-state index is 14.8. The molecule has 0 bridgehead atoms. The molecule has 1 aliphatic rings. The number of amides is 1. The minimum Gasteiger partial charge on any atom is -0.353 e. The number of carbonyl (C=O) groups excluding carboxylic acids is 1. The monoisotopic (exact) mass is 314 g/mol. The highest BCUT2D eigenvalue weighted by Crippen LogP contribution is 2.28. The number of nitrogens with one attached hydrogen (secondary N) is 1. The van der Waals surface area contributed by atoms with E-state index < -0.39 is 5.67 Å². The van der Waals surface area contributed by atoms with Crippen LogP contribution in [0.15, 0.2) is 0 Å². The summed E-state index contributed by atoms with van der Waals surface area (Å²) in [6.45, 7) is 15.6. The molecule has 0 aliphatic carbocycles. The van der Waals surface area contributed by atoms with Gasteiger partial charge in [-0.15, -0.1) is 0 Å². The Balaban J connectivity index is 2.31. The van der Waals surface area contributed by atoms with E-state index >= 15 is 0 Å². The fourth-order valence-electron chi connectivity index (χ4n) is 2.65. The topological polar surface area (TPSA) is 32.3 Å². The second-order valence-electron chi connectivity index (χ2n) is 9.32. The van der Waals surface area contributed by atoms with Gasteiger partial charge in [0.1, 0.15) is 5.67 Å². The van der Waals surface area contributed by atoms with Gasteiger partial charge in [0.15, 0.2) is 0 Å². The van der Waals surface area contributed by atoms with Crippen molar-refractivity contribution in [1.29, 1.82) is 0 Å². The Morgan fingerprint density at radius 2 is 1.64 bits per heavy atom. The molecule has 1 N–H and O–H groups in total. The van der Waals surface area contributed by atoms with Gasteiger partial charge in [-0.05, 0) is 36.6 Å². The quantitative estimate of drug-likeness (QED) is 0.837. The number of rotatable bonds is 5. The maximum atomic E-state index is 14.8. The molecule has 0 aromatic rings. The van der Waals surface area contributed by atoms with E-state index in [1.807, 2.05) is 20.8 Å². The summed E-state index contributed by atoms with van der Waals surface area (Å²) in [5, 5.41) is 2.79. The Hall–Kier alpha value is -0.640. The molecule has 0 radical (unpaired) electrons. The minimum absolute atomic E-state index is 0.0420. The molecule has 3 nitrogen and oxygen atoms in total. The first-order valence-corrected chi connectivity index (χ1v) is 8.57. The smallest absolute Gasteiger partial charge is 0.220 e. The summed E-state index contributed by atoms with van der Waals surface area (Å²) in [6, 6.07) is 0. The van der Waals surface area contributed by atoms with Crippen molar-refractivity contribution >= 4 is 5.91 Å². The van der Waals surface area contributed by atoms with Gasteiger partial charge in [-0.1, -0.05) is 41.5 Å². The molecule has 22 heavy (non-hydrogen) atoms. The van der Waals surface area contributed by atoms with Crippen LogP contribution < -0.4 is 5.32 Å². The lowest BCUT2D eigenvalue weighted by Gasteiger charge is -2.37. The first-order valence-electron chi connectivity index (χ1n) is 8.57. The SMILES string of the molecule is CC(C)(C)CCN1CCC(F)(CNC(=O)CC(C)(C)C)CC1. The molecule has 0 spiro atoms. The molecule has 0 atom stereocenters. The van der Waals surface area contributed by atoms with Crippen LogP contribution in [0, 0.1) is 10.8 Å². The van der Waals surface area contributed by atoms with Crippen molar-refractivity contribution in [2.24, 2.45) is 10.8 Å². The van der Waals surface area contributed by atoms with E-state index in [-0.39, 0.29) is 17.9 Å². The number of hydrogen-bond acceptors (Lipinski definition) is 2. The zero-order valence-electron chi connectivity index (χ0n) is 15.4. The molecule has 0 aromatic heterocycles. The lowest BCUT2D eigenvalue weighted by Crippen LogP contribution is -2.48. The summed E-state index contributed by atoms with van der Waals surface area (Å²) >= 11 is 0. The van der Waals surface area contributed by atoms with Crippen molar-refractivity contribution in [3.63, 3.8) is 0 Å². The van der Waals surface area contributed by atoms with Gasteiger partial charge < -0.3 is 10.2 Å². The molecular formula is C18H35FN2O. The molecule has 4 heteroatoms. The highest BCUT2D eigenvalue weighted by molar-refractivity contribution is 5.76. The first-order chi connectivity index (χ1) is 9.89. The molecular weight excluding hydrogens is 279 g/mol. The standard InChI is InChI=1S/C18H35FN2O/c1-16(2,3)7-10-21-11-8-18(19,9-12-21)14-20-15(22)13-17(4,5)6/h7-14H2,1-6H3,(H,20,22). The Labute approximate surface area is 136 Å². The minimum atomic E-state index is -1.23. The lowest BCUT2D eigenvalue weighted by molar-refractivity contribution is -0.123. The van der Waals surface area contributed by atoms with E-state index in [1.165, 1.54) is 0 Å². The maximum Gasteiger partial charge on any atom is 0.220 e. The van der Waals surface area contributed by atoms with E-state index in [0.717, 1.165) is 26.1 Å². The Morgan fingerprint density at radius 1 is 1.09 bits per heavy atom. The fraction of sp³-hybridized carbons (Fsp3) is 0.944. The third-order valence-corrected chi connectivity index (χ3v) is 4.22. The van der Waals surface area contributed by atoms with E-state index in [9.17, 15) is 9.18 Å². The van der Waals surface area contributed by atoms with Crippen LogP contribution in [0.1, 0.15) is 67.2 Å². The second-order valence-corrected chi connectivity index (χ2v) is 9.32. The van der Waals surface area contributed by atoms with Crippen LogP contribution in [-0.2, 0) is 4.79 Å². The lowest BCUT2D eigenvalue weighted by atomic mass is 9.89. The van der Waals surface area contributed by atoms with Gasteiger partial charge in [0, 0.05) is 19.5 Å². The number of likely N-dealkylation sites (tertiary alicyclic amines) is 1. The first kappa shape index (κ1) is 19.4. The van der Waals surface area contributed by atoms with Crippen molar-refractivity contribution in [2.45, 2.75) is 72.9 Å². The summed E-state index contributed by atoms with van der Waals surface area (Å²) in [7, 11) is 0. The van der Waals surface area contributed by atoms with E-state index in [4.69, 9.17) is 0 Å². The van der Waals surface area contributed by atoms with E-state index in [2.05, 4.69) is 31.0 Å². The van der Waals surface area contributed by atoms with Gasteiger partial charge in [0.2, 0.25) is 5.91 Å². The van der Waals surface area contributed by atoms with Crippen molar-refractivity contribution in [3.05, 3.63) is 0 Å². The summed E-state index contributed by atoms with van der Waals surface area (Å²) < 4.78 is 14.8.